The zero-order valence-corrected chi connectivity index (χ0v) is 20.2. The minimum Gasteiger partial charge on any atom is -0.372 e. The average Bonchev–Trinajstić information content (AvgIpc) is 3.39. The molecule has 14 heteroatoms. The lowest BCUT2D eigenvalue weighted by atomic mass is 9.66. The summed E-state index contributed by atoms with van der Waals surface area (Å²) in [6.07, 6.45) is -1.16. The maximum atomic E-state index is 16.1. The molecule has 2 aromatic rings. The molecule has 12 nitrogen and oxygen atoms in total. The van der Waals surface area contributed by atoms with Gasteiger partial charge in [0.2, 0.25) is 17.4 Å². The number of barbiturate groups is 1. The van der Waals surface area contributed by atoms with Gasteiger partial charge in [-0.3, -0.25) is 29.9 Å². The average molecular weight is 519 g/mol. The number of urea groups is 1. The highest BCUT2D eigenvalue weighted by molar-refractivity contribution is 8.14. The molecule has 1 aromatic carbocycles. The van der Waals surface area contributed by atoms with Crippen LogP contribution < -0.4 is 26.2 Å². The van der Waals surface area contributed by atoms with Crippen LogP contribution in [-0.2, 0) is 20.7 Å². The van der Waals surface area contributed by atoms with Crippen LogP contribution in [0.25, 0.3) is 11.0 Å². The molecular formula is C22H23FN6O6S. The third-order valence-corrected chi connectivity index (χ3v) is 8.44. The number of rotatable bonds is 2. The number of hydrogen-bond acceptors (Lipinski definition) is 10. The lowest BCUT2D eigenvalue weighted by Gasteiger charge is -2.55. The fourth-order valence-corrected chi connectivity index (χ4v) is 6.84. The summed E-state index contributed by atoms with van der Waals surface area (Å²) < 4.78 is 27.5. The molecule has 5 heterocycles. The van der Waals surface area contributed by atoms with Crippen molar-refractivity contribution in [3.05, 3.63) is 17.4 Å². The molecule has 0 radical (unpaired) electrons. The molecule has 3 saturated heterocycles. The lowest BCUT2D eigenvalue weighted by molar-refractivity contribution is -0.153. The third-order valence-electron chi connectivity index (χ3n) is 7.34. The van der Waals surface area contributed by atoms with Gasteiger partial charge in [-0.2, -0.15) is 0 Å². The molecule has 0 aliphatic carbocycles. The number of benzene rings is 1. The Morgan fingerprint density at radius 3 is 2.61 bits per heavy atom. The van der Waals surface area contributed by atoms with Crippen molar-refractivity contribution in [1.82, 2.24) is 15.8 Å². The molecule has 5 amide bonds. The first-order valence-corrected chi connectivity index (χ1v) is 12.4. The third kappa shape index (κ3) is 3.04. The van der Waals surface area contributed by atoms with Crippen molar-refractivity contribution >= 4 is 57.3 Å². The van der Waals surface area contributed by atoms with Crippen molar-refractivity contribution in [3.63, 3.8) is 0 Å². The van der Waals surface area contributed by atoms with E-state index in [0.717, 1.165) is 11.8 Å². The highest BCUT2D eigenvalue weighted by atomic mass is 32.2. The Morgan fingerprint density at radius 2 is 1.94 bits per heavy atom. The van der Waals surface area contributed by atoms with Gasteiger partial charge in [-0.1, -0.05) is 16.9 Å². The van der Waals surface area contributed by atoms with Crippen LogP contribution in [0.2, 0.25) is 0 Å². The molecule has 4 atom stereocenters. The fourth-order valence-electron chi connectivity index (χ4n) is 5.95. The number of amides is 5. The van der Waals surface area contributed by atoms with Crippen molar-refractivity contribution in [2.45, 2.75) is 43.8 Å². The van der Waals surface area contributed by atoms with Crippen LogP contribution in [0, 0.1) is 11.2 Å². The SMILES string of the molecule is C[C@@H]1CN2c3c(cc4c(N5C[C@H](CN)SC5=O)noc4c3F)CC3(C(=O)NC(=O)NC3=O)[C@H]2[C@H](C)O1. The number of halogens is 1. The smallest absolute Gasteiger partial charge is 0.328 e. The molecular weight excluding hydrogens is 495 g/mol. The van der Waals surface area contributed by atoms with Gasteiger partial charge in [0.05, 0.1) is 29.3 Å². The van der Waals surface area contributed by atoms with Crippen LogP contribution in [0.4, 0.5) is 25.5 Å². The van der Waals surface area contributed by atoms with Crippen LogP contribution in [0.15, 0.2) is 10.6 Å². The van der Waals surface area contributed by atoms with Gasteiger partial charge in [0.1, 0.15) is 0 Å². The monoisotopic (exact) mass is 518 g/mol. The number of aromatic nitrogens is 1. The maximum absolute atomic E-state index is 16.1. The van der Waals surface area contributed by atoms with E-state index in [1.54, 1.807) is 17.9 Å². The van der Waals surface area contributed by atoms with Gasteiger partial charge in [0.25, 0.3) is 5.24 Å². The largest absolute Gasteiger partial charge is 0.372 e. The molecule has 0 unspecified atom stereocenters. The van der Waals surface area contributed by atoms with Gasteiger partial charge in [-0.15, -0.1) is 0 Å². The zero-order chi connectivity index (χ0) is 25.5. The Balaban J connectivity index is 1.55. The maximum Gasteiger partial charge on any atom is 0.328 e. The van der Waals surface area contributed by atoms with Gasteiger partial charge in [-0.25, -0.2) is 9.18 Å². The van der Waals surface area contributed by atoms with Crippen molar-refractivity contribution in [3.8, 4) is 0 Å². The molecule has 36 heavy (non-hydrogen) atoms. The Bertz CT molecular complexity index is 1330. The first kappa shape index (κ1) is 23.2. The first-order chi connectivity index (χ1) is 17.1. The Morgan fingerprint density at radius 1 is 1.22 bits per heavy atom. The molecule has 6 rings (SSSR count). The molecule has 4 aliphatic rings. The second kappa shape index (κ2) is 7.88. The van der Waals surface area contributed by atoms with Gasteiger partial charge in [0.15, 0.2) is 17.1 Å². The van der Waals surface area contributed by atoms with E-state index >= 15 is 4.39 Å². The van der Waals surface area contributed by atoms with Crippen LogP contribution in [0.1, 0.15) is 19.4 Å². The zero-order valence-electron chi connectivity index (χ0n) is 19.4. The number of fused-ring (bicyclic) bond motifs is 5. The second-order valence-corrected chi connectivity index (χ2v) is 10.8. The van der Waals surface area contributed by atoms with Crippen molar-refractivity contribution < 1.29 is 32.8 Å². The number of hydrogen-bond donors (Lipinski definition) is 3. The summed E-state index contributed by atoms with van der Waals surface area (Å²) in [5, 5.41) is 8.22. The molecule has 3 fully saturated rings. The standard InChI is InChI=1S/C22H23FN6O6S/c1-8-6-28-14-10(4-22(16(28)9(2)34-8)18(30)25-20(32)26-19(22)31)3-12-15(13(14)23)35-27-17(12)29-7-11(5-24)36-21(29)33/h3,8-9,11,16H,4-7,24H2,1-2H3,(H2,25,26,30,31,32)/t8-,9+,11+,16-/m1/s1. The number of morpholine rings is 1. The van der Waals surface area contributed by atoms with Gasteiger partial charge >= 0.3 is 6.03 Å². The van der Waals surface area contributed by atoms with E-state index in [9.17, 15) is 19.2 Å². The quantitative estimate of drug-likeness (QED) is 0.487. The number of imide groups is 2. The van der Waals surface area contributed by atoms with Gasteiger partial charge < -0.3 is 19.9 Å². The van der Waals surface area contributed by atoms with E-state index in [4.69, 9.17) is 15.0 Å². The normalized spacial score (nSPS) is 29.4. The number of nitrogens with one attached hydrogen (secondary N) is 2. The van der Waals surface area contributed by atoms with E-state index < -0.39 is 41.2 Å². The summed E-state index contributed by atoms with van der Waals surface area (Å²) in [4.78, 5) is 54.1. The Hall–Kier alpha value is -3.23. The molecule has 1 spiro atoms. The minimum atomic E-state index is -1.75. The summed E-state index contributed by atoms with van der Waals surface area (Å²) in [5.74, 6) is -2.10. The topological polar surface area (TPSA) is 160 Å². The minimum absolute atomic E-state index is 0.132. The highest BCUT2D eigenvalue weighted by Crippen LogP contribution is 2.50. The number of nitrogens with zero attached hydrogens (tertiary/aromatic N) is 3. The second-order valence-electron chi connectivity index (χ2n) is 9.57. The van der Waals surface area contributed by atoms with Gasteiger partial charge in [-0.05, 0) is 25.5 Å². The number of thioether (sulfide) groups is 1. The number of anilines is 2. The molecule has 0 saturated carbocycles. The van der Waals surface area contributed by atoms with E-state index in [2.05, 4.69) is 15.8 Å². The van der Waals surface area contributed by atoms with Crippen LogP contribution in [0.3, 0.4) is 0 Å². The molecule has 1 aromatic heterocycles. The van der Waals surface area contributed by atoms with E-state index in [-0.39, 0.29) is 65.1 Å². The van der Waals surface area contributed by atoms with E-state index in [1.165, 1.54) is 4.90 Å². The van der Waals surface area contributed by atoms with E-state index in [1.807, 2.05) is 6.92 Å². The predicted molar refractivity (Wildman–Crippen MR) is 126 cm³/mol. The van der Waals surface area contributed by atoms with Crippen molar-refractivity contribution in [2.75, 3.05) is 29.4 Å². The molecule has 4 N–H and O–H groups in total. The summed E-state index contributed by atoms with van der Waals surface area (Å²) in [6, 6.07) is -0.189. The molecule has 190 valence electrons. The predicted octanol–water partition coefficient (Wildman–Crippen LogP) is 0.858. The first-order valence-electron chi connectivity index (χ1n) is 11.5. The number of nitrogens with two attached hydrogens (primary N) is 1. The van der Waals surface area contributed by atoms with Crippen molar-refractivity contribution in [2.24, 2.45) is 11.1 Å². The highest BCUT2D eigenvalue weighted by Gasteiger charge is 2.63. The number of carbonyl (C=O) groups excluding carboxylic acids is 4. The molecule has 0 bridgehead atoms. The Kier molecular flexibility index (Phi) is 5.08. The van der Waals surface area contributed by atoms with Crippen molar-refractivity contribution in [1.29, 1.82) is 0 Å². The summed E-state index contributed by atoms with van der Waals surface area (Å²) in [5.41, 5.74) is 4.38. The Labute approximate surface area is 208 Å². The van der Waals surface area contributed by atoms with Crippen LogP contribution in [-0.4, -0.2) is 71.4 Å². The number of ether oxygens (including phenoxy) is 1. The summed E-state index contributed by atoms with van der Waals surface area (Å²) in [6.45, 7) is 4.29. The van der Waals surface area contributed by atoms with Crippen LogP contribution in [0.5, 0.6) is 0 Å². The summed E-state index contributed by atoms with van der Waals surface area (Å²) >= 11 is 1.07. The number of carbonyl (C=O) groups is 4. The van der Waals surface area contributed by atoms with E-state index in [0.29, 0.717) is 5.56 Å². The van der Waals surface area contributed by atoms with Crippen LogP contribution >= 0.6 is 11.8 Å². The fraction of sp³-hybridized carbons (Fsp3) is 0.500. The van der Waals surface area contributed by atoms with Gasteiger partial charge in [0, 0.05) is 31.3 Å². The lowest BCUT2D eigenvalue weighted by Crippen LogP contribution is -2.75. The molecule has 4 aliphatic heterocycles. The summed E-state index contributed by atoms with van der Waals surface area (Å²) in [7, 11) is 0.